The number of carbonyl (C=O) groups excluding carboxylic acids is 1. The topological polar surface area (TPSA) is 60.5 Å². The van der Waals surface area contributed by atoms with Crippen molar-refractivity contribution in [2.45, 2.75) is 26.3 Å². The number of carbonyl (C=O) groups is 1. The van der Waals surface area contributed by atoms with E-state index in [4.69, 9.17) is 0 Å². The number of Topliss-reactive ketones (excluding diaryl/α,β-unsaturated/α-hetero) is 1. The number of hydrogen-bond acceptors (Lipinski definition) is 1. The van der Waals surface area contributed by atoms with Gasteiger partial charge in [-0.3, -0.25) is 4.79 Å². The van der Waals surface area contributed by atoms with Gasteiger partial charge in [0, 0.05) is 29.1 Å². The van der Waals surface area contributed by atoms with Crippen LogP contribution in [-0.4, -0.2) is 16.8 Å². The second-order valence-corrected chi connectivity index (χ2v) is 4.44. The van der Waals surface area contributed by atoms with Crippen LogP contribution in [0.4, 0.5) is 0 Å². The first-order chi connectivity index (χ1) is 7.58. The molecule has 0 saturated heterocycles. The van der Waals surface area contributed by atoms with Crippen LogP contribution in [0.1, 0.15) is 29.8 Å². The molecule has 0 bridgehead atoms. The highest BCUT2D eigenvalue weighted by Gasteiger charge is 2.09. The van der Waals surface area contributed by atoms with Crippen LogP contribution in [0.25, 0.3) is 10.9 Å². The van der Waals surface area contributed by atoms with Crippen molar-refractivity contribution in [1.82, 2.24) is 4.98 Å². The maximum absolute atomic E-state index is 11.3. The zero-order chi connectivity index (χ0) is 11.7. The number of ketones is 1. The van der Waals surface area contributed by atoms with Crippen molar-refractivity contribution in [3.8, 4) is 0 Å². The van der Waals surface area contributed by atoms with Crippen LogP contribution >= 0.6 is 0 Å². The molecule has 16 heavy (non-hydrogen) atoms. The molecule has 3 nitrogen and oxygen atoms in total. The average Bonchev–Trinajstić information content (AvgIpc) is 2.60. The van der Waals surface area contributed by atoms with Crippen LogP contribution in [0.15, 0.2) is 24.4 Å². The van der Waals surface area contributed by atoms with Crippen LogP contribution in [0.5, 0.6) is 0 Å². The molecule has 4 N–H and O–H groups in total. The minimum Gasteiger partial charge on any atom is -0.361 e. The van der Waals surface area contributed by atoms with Gasteiger partial charge in [0.1, 0.15) is 0 Å². The Hall–Kier alpha value is -1.61. The summed E-state index contributed by atoms with van der Waals surface area (Å²) < 4.78 is 0. The standard InChI is InChI=1S/C13H16N2O/c1-8(14)5-11-7-15-13-4-3-10(9(2)16)6-12(11)13/h3-4,6-8,15H,5,14H2,1-2H3/p+1/t8-/m0/s1. The number of fused-ring (bicyclic) bond motifs is 1. The molecule has 0 saturated carbocycles. The van der Waals surface area contributed by atoms with E-state index in [1.54, 1.807) is 6.92 Å². The minimum absolute atomic E-state index is 0.108. The Kier molecular flexibility index (Phi) is 2.79. The smallest absolute Gasteiger partial charge is 0.159 e. The van der Waals surface area contributed by atoms with Crippen molar-refractivity contribution >= 4 is 16.7 Å². The number of quaternary nitrogens is 1. The monoisotopic (exact) mass is 217 g/mol. The maximum Gasteiger partial charge on any atom is 0.159 e. The molecule has 0 radical (unpaired) electrons. The van der Waals surface area contributed by atoms with E-state index in [9.17, 15) is 4.79 Å². The molecular formula is C13H17N2O+. The summed E-state index contributed by atoms with van der Waals surface area (Å²) in [7, 11) is 0. The fourth-order valence-electron chi connectivity index (χ4n) is 1.94. The summed E-state index contributed by atoms with van der Waals surface area (Å²) in [6.45, 7) is 3.69. The lowest BCUT2D eigenvalue weighted by atomic mass is 10.0. The Balaban J connectivity index is 2.51. The summed E-state index contributed by atoms with van der Waals surface area (Å²) in [5.74, 6) is 0.108. The number of nitrogens with one attached hydrogen (secondary N) is 1. The minimum atomic E-state index is 0.108. The van der Waals surface area contributed by atoms with Gasteiger partial charge in [-0.1, -0.05) is 0 Å². The number of aromatic nitrogens is 1. The Morgan fingerprint density at radius 2 is 2.25 bits per heavy atom. The molecule has 0 aliphatic carbocycles. The van der Waals surface area contributed by atoms with Gasteiger partial charge in [0.15, 0.2) is 5.78 Å². The van der Waals surface area contributed by atoms with E-state index in [1.807, 2.05) is 24.4 Å². The van der Waals surface area contributed by atoms with Gasteiger partial charge in [0.25, 0.3) is 0 Å². The van der Waals surface area contributed by atoms with Crippen molar-refractivity contribution in [3.05, 3.63) is 35.5 Å². The van der Waals surface area contributed by atoms with Crippen molar-refractivity contribution < 1.29 is 10.5 Å². The summed E-state index contributed by atoms with van der Waals surface area (Å²) in [5.41, 5.74) is 7.09. The molecule has 0 amide bonds. The third kappa shape index (κ3) is 1.99. The summed E-state index contributed by atoms with van der Waals surface area (Å²) in [6, 6.07) is 6.16. The highest BCUT2D eigenvalue weighted by Crippen LogP contribution is 2.21. The summed E-state index contributed by atoms with van der Waals surface area (Å²) in [6.07, 6.45) is 2.94. The second kappa shape index (κ2) is 4.10. The Morgan fingerprint density at radius 3 is 2.88 bits per heavy atom. The zero-order valence-electron chi connectivity index (χ0n) is 9.71. The molecular weight excluding hydrogens is 200 g/mol. The van der Waals surface area contributed by atoms with Crippen LogP contribution in [0.2, 0.25) is 0 Å². The first kappa shape index (κ1) is 10.9. The molecule has 1 heterocycles. The predicted molar refractivity (Wildman–Crippen MR) is 64.4 cm³/mol. The predicted octanol–water partition coefficient (Wildman–Crippen LogP) is 1.54. The SMILES string of the molecule is CC(=O)c1ccc2[nH]cc(C[C@H](C)[NH3+])c2c1. The van der Waals surface area contributed by atoms with Gasteiger partial charge < -0.3 is 10.7 Å². The normalized spacial score (nSPS) is 12.9. The van der Waals surface area contributed by atoms with Gasteiger partial charge in [-0.25, -0.2) is 0 Å². The summed E-state index contributed by atoms with van der Waals surface area (Å²) in [4.78, 5) is 14.5. The largest absolute Gasteiger partial charge is 0.361 e. The van der Waals surface area contributed by atoms with E-state index in [1.165, 1.54) is 5.56 Å². The molecule has 3 heteroatoms. The molecule has 84 valence electrons. The third-order valence-electron chi connectivity index (χ3n) is 2.74. The van der Waals surface area contributed by atoms with Gasteiger partial charge in [-0.2, -0.15) is 0 Å². The second-order valence-electron chi connectivity index (χ2n) is 4.44. The molecule has 0 unspecified atom stereocenters. The Labute approximate surface area is 94.6 Å². The van der Waals surface area contributed by atoms with Crippen LogP contribution < -0.4 is 5.73 Å². The van der Waals surface area contributed by atoms with Gasteiger partial charge in [-0.15, -0.1) is 0 Å². The van der Waals surface area contributed by atoms with Gasteiger partial charge in [0.2, 0.25) is 0 Å². The molecule has 0 fully saturated rings. The van der Waals surface area contributed by atoms with Crippen molar-refractivity contribution in [2.75, 3.05) is 0 Å². The van der Waals surface area contributed by atoms with Gasteiger partial charge in [-0.05, 0) is 37.6 Å². The summed E-state index contributed by atoms with van der Waals surface area (Å²) in [5, 5.41) is 1.14. The van der Waals surface area contributed by atoms with E-state index in [-0.39, 0.29) is 5.78 Å². The number of rotatable bonds is 3. The molecule has 2 aromatic rings. The quantitative estimate of drug-likeness (QED) is 0.753. The van der Waals surface area contributed by atoms with Crippen molar-refractivity contribution in [3.63, 3.8) is 0 Å². The first-order valence-corrected chi connectivity index (χ1v) is 5.52. The molecule has 0 aliphatic heterocycles. The lowest BCUT2D eigenvalue weighted by Gasteiger charge is -2.01. The molecule has 1 aromatic heterocycles. The molecule has 1 atom stereocenters. The highest BCUT2D eigenvalue weighted by molar-refractivity contribution is 5.98. The molecule has 0 aliphatic rings. The van der Waals surface area contributed by atoms with Crippen LogP contribution in [-0.2, 0) is 6.42 Å². The maximum atomic E-state index is 11.3. The van der Waals surface area contributed by atoms with Gasteiger partial charge in [0.05, 0.1) is 6.04 Å². The fraction of sp³-hybridized carbons (Fsp3) is 0.308. The van der Waals surface area contributed by atoms with E-state index >= 15 is 0 Å². The number of aromatic amines is 1. The zero-order valence-corrected chi connectivity index (χ0v) is 9.71. The van der Waals surface area contributed by atoms with E-state index in [2.05, 4.69) is 17.6 Å². The highest BCUT2D eigenvalue weighted by atomic mass is 16.1. The first-order valence-electron chi connectivity index (χ1n) is 5.52. The Bertz CT molecular complexity index is 526. The summed E-state index contributed by atoms with van der Waals surface area (Å²) >= 11 is 0. The lowest BCUT2D eigenvalue weighted by Crippen LogP contribution is -2.60. The molecule has 1 aromatic carbocycles. The molecule has 0 spiro atoms. The Morgan fingerprint density at radius 1 is 1.50 bits per heavy atom. The number of hydrogen-bond donors (Lipinski definition) is 2. The van der Waals surface area contributed by atoms with Crippen LogP contribution in [0.3, 0.4) is 0 Å². The average molecular weight is 217 g/mol. The van der Waals surface area contributed by atoms with Crippen LogP contribution in [0, 0.1) is 0 Å². The van der Waals surface area contributed by atoms with E-state index < -0.39 is 0 Å². The fourth-order valence-corrected chi connectivity index (χ4v) is 1.94. The number of H-pyrrole nitrogens is 1. The third-order valence-corrected chi connectivity index (χ3v) is 2.74. The van der Waals surface area contributed by atoms with Crippen molar-refractivity contribution in [1.29, 1.82) is 0 Å². The molecule has 2 rings (SSSR count). The lowest BCUT2D eigenvalue weighted by molar-refractivity contribution is -0.413. The van der Waals surface area contributed by atoms with E-state index in [0.717, 1.165) is 22.9 Å². The van der Waals surface area contributed by atoms with Crippen molar-refractivity contribution in [2.24, 2.45) is 0 Å². The van der Waals surface area contributed by atoms with Gasteiger partial charge >= 0.3 is 0 Å². The number of benzene rings is 1. The van der Waals surface area contributed by atoms with E-state index in [0.29, 0.717) is 6.04 Å².